The molecule has 0 amide bonds. The number of rotatable bonds is 6. The van der Waals surface area contributed by atoms with E-state index in [1.165, 1.54) is 11.8 Å². The summed E-state index contributed by atoms with van der Waals surface area (Å²) in [5.74, 6) is 1.24. The Hall–Kier alpha value is -3.94. The number of benzene rings is 4. The lowest BCUT2D eigenvalue weighted by atomic mass is 10.1. The molecule has 0 unspecified atom stereocenters. The number of aromatic nitrogens is 1. The summed E-state index contributed by atoms with van der Waals surface area (Å²) in [7, 11) is -3.88. The van der Waals surface area contributed by atoms with Gasteiger partial charge >= 0.3 is 0 Å². The van der Waals surface area contributed by atoms with Crippen molar-refractivity contribution in [2.45, 2.75) is 14.7 Å². The molecule has 1 aromatic heterocycles. The van der Waals surface area contributed by atoms with Gasteiger partial charge in [0.1, 0.15) is 0 Å². The van der Waals surface area contributed by atoms with E-state index in [0.717, 1.165) is 20.7 Å². The molecule has 0 spiro atoms. The third-order valence-corrected chi connectivity index (χ3v) is 8.84. The van der Waals surface area contributed by atoms with E-state index in [-0.39, 0.29) is 16.6 Å². The SMILES string of the molecule is O=S(=O)(C(=Cc1ccc2c(c1)OCO2)c1[nH]c2ccccc2c1Sc1ccccc1)c1ccccc1. The molecule has 0 radical (unpaired) electrons. The van der Waals surface area contributed by atoms with Crippen LogP contribution >= 0.6 is 11.8 Å². The molecule has 7 heteroatoms. The first kappa shape index (κ1) is 22.5. The second-order valence-electron chi connectivity index (χ2n) is 8.23. The minimum Gasteiger partial charge on any atom is -0.454 e. The van der Waals surface area contributed by atoms with Crippen molar-refractivity contribution in [3.63, 3.8) is 0 Å². The van der Waals surface area contributed by atoms with Crippen molar-refractivity contribution in [3.05, 3.63) is 114 Å². The molecule has 0 saturated carbocycles. The number of ether oxygens (including phenoxy) is 2. The fourth-order valence-corrected chi connectivity index (χ4v) is 6.79. The Morgan fingerprint density at radius 1 is 0.806 bits per heavy atom. The Labute approximate surface area is 213 Å². The minimum atomic E-state index is -3.88. The summed E-state index contributed by atoms with van der Waals surface area (Å²) in [6.07, 6.45) is 1.70. The van der Waals surface area contributed by atoms with Crippen LogP contribution in [-0.2, 0) is 9.84 Å². The van der Waals surface area contributed by atoms with Crippen LogP contribution in [0, 0.1) is 0 Å². The zero-order valence-corrected chi connectivity index (χ0v) is 20.7. The molecule has 5 aromatic rings. The van der Waals surface area contributed by atoms with E-state index in [4.69, 9.17) is 9.47 Å². The molecule has 0 fully saturated rings. The molecule has 0 atom stereocenters. The van der Waals surface area contributed by atoms with Crippen LogP contribution in [0.4, 0.5) is 0 Å². The van der Waals surface area contributed by atoms with Crippen molar-refractivity contribution < 1.29 is 17.9 Å². The van der Waals surface area contributed by atoms with Gasteiger partial charge in [0.2, 0.25) is 16.6 Å². The fraction of sp³-hybridized carbons (Fsp3) is 0.0345. The molecule has 0 bridgehead atoms. The maximum absolute atomic E-state index is 14.1. The number of fused-ring (bicyclic) bond motifs is 2. The quantitative estimate of drug-likeness (QED) is 0.265. The largest absolute Gasteiger partial charge is 0.454 e. The summed E-state index contributed by atoms with van der Waals surface area (Å²) in [6.45, 7) is 0.150. The van der Waals surface area contributed by atoms with Crippen LogP contribution < -0.4 is 9.47 Å². The molecular weight excluding hydrogens is 490 g/mol. The van der Waals surface area contributed by atoms with Crippen LogP contribution in [0.3, 0.4) is 0 Å². The average molecular weight is 512 g/mol. The maximum atomic E-state index is 14.1. The van der Waals surface area contributed by atoms with E-state index in [9.17, 15) is 8.42 Å². The lowest BCUT2D eigenvalue weighted by Gasteiger charge is -2.12. The van der Waals surface area contributed by atoms with Crippen molar-refractivity contribution in [2.24, 2.45) is 0 Å². The van der Waals surface area contributed by atoms with Gasteiger partial charge in [-0.1, -0.05) is 72.4 Å². The highest BCUT2D eigenvalue weighted by Gasteiger charge is 2.28. The summed E-state index contributed by atoms with van der Waals surface area (Å²) < 4.78 is 39.2. The Morgan fingerprint density at radius 2 is 1.50 bits per heavy atom. The fourth-order valence-electron chi connectivity index (χ4n) is 4.17. The number of hydrogen-bond donors (Lipinski definition) is 1. The van der Waals surface area contributed by atoms with Crippen LogP contribution in [0.25, 0.3) is 21.9 Å². The number of hydrogen-bond acceptors (Lipinski definition) is 5. The van der Waals surface area contributed by atoms with Crippen molar-refractivity contribution in [1.82, 2.24) is 4.98 Å². The summed E-state index contributed by atoms with van der Waals surface area (Å²) in [6, 6.07) is 31.8. The Balaban J connectivity index is 1.60. The lowest BCUT2D eigenvalue weighted by Crippen LogP contribution is -2.05. The van der Waals surface area contributed by atoms with E-state index in [0.29, 0.717) is 22.8 Å². The van der Waals surface area contributed by atoms with E-state index < -0.39 is 9.84 Å². The normalized spacial score (nSPS) is 13.3. The first-order chi connectivity index (χ1) is 17.6. The first-order valence-electron chi connectivity index (χ1n) is 11.3. The molecule has 2 heterocycles. The molecule has 4 aromatic carbocycles. The average Bonchev–Trinajstić information content (AvgIpc) is 3.53. The van der Waals surface area contributed by atoms with Crippen LogP contribution in [0.15, 0.2) is 118 Å². The summed E-state index contributed by atoms with van der Waals surface area (Å²) >= 11 is 1.54. The molecular formula is C29H21NO4S2. The molecule has 178 valence electrons. The van der Waals surface area contributed by atoms with E-state index in [1.54, 1.807) is 48.5 Å². The molecule has 1 aliphatic rings. The minimum absolute atomic E-state index is 0.150. The zero-order valence-electron chi connectivity index (χ0n) is 19.0. The van der Waals surface area contributed by atoms with Crippen LogP contribution in [0.5, 0.6) is 11.5 Å². The summed E-state index contributed by atoms with van der Waals surface area (Å²) in [5.41, 5.74) is 2.11. The van der Waals surface area contributed by atoms with Crippen molar-refractivity contribution in [1.29, 1.82) is 0 Å². The third-order valence-electron chi connectivity index (χ3n) is 5.91. The highest BCUT2D eigenvalue weighted by Crippen LogP contribution is 2.43. The summed E-state index contributed by atoms with van der Waals surface area (Å²) in [5, 5.41) is 0.959. The van der Waals surface area contributed by atoms with Crippen LogP contribution in [0.2, 0.25) is 0 Å². The molecule has 1 N–H and O–H groups in total. The van der Waals surface area contributed by atoms with Crippen LogP contribution in [-0.4, -0.2) is 20.2 Å². The number of nitrogens with one attached hydrogen (secondary N) is 1. The van der Waals surface area contributed by atoms with Crippen molar-refractivity contribution >= 4 is 43.5 Å². The molecule has 36 heavy (non-hydrogen) atoms. The van der Waals surface area contributed by atoms with Gasteiger partial charge in [0.25, 0.3) is 0 Å². The monoisotopic (exact) mass is 511 g/mol. The number of aromatic amines is 1. The summed E-state index contributed by atoms with van der Waals surface area (Å²) in [4.78, 5) is 5.69. The van der Waals surface area contributed by atoms with E-state index >= 15 is 0 Å². The second kappa shape index (κ2) is 9.26. The van der Waals surface area contributed by atoms with Gasteiger partial charge in [-0.05, 0) is 54.1 Å². The predicted octanol–water partition coefficient (Wildman–Crippen LogP) is 7.02. The highest BCUT2D eigenvalue weighted by atomic mass is 32.2. The van der Waals surface area contributed by atoms with Crippen LogP contribution in [0.1, 0.15) is 11.3 Å². The smallest absolute Gasteiger partial charge is 0.231 e. The Bertz CT molecular complexity index is 1690. The van der Waals surface area contributed by atoms with Gasteiger partial charge in [-0.15, -0.1) is 0 Å². The van der Waals surface area contributed by atoms with Crippen molar-refractivity contribution in [3.8, 4) is 11.5 Å². The topological polar surface area (TPSA) is 68.4 Å². The third kappa shape index (κ3) is 4.17. The maximum Gasteiger partial charge on any atom is 0.231 e. The Kier molecular flexibility index (Phi) is 5.79. The predicted molar refractivity (Wildman–Crippen MR) is 143 cm³/mol. The molecule has 0 saturated heterocycles. The van der Waals surface area contributed by atoms with Gasteiger partial charge < -0.3 is 14.5 Å². The van der Waals surface area contributed by atoms with Gasteiger partial charge in [0.05, 0.1) is 15.5 Å². The lowest BCUT2D eigenvalue weighted by molar-refractivity contribution is 0.174. The molecule has 1 aliphatic heterocycles. The second-order valence-corrected chi connectivity index (χ2v) is 11.2. The van der Waals surface area contributed by atoms with E-state index in [2.05, 4.69) is 4.98 Å². The van der Waals surface area contributed by atoms with Gasteiger partial charge in [-0.3, -0.25) is 0 Å². The number of H-pyrrole nitrogens is 1. The zero-order chi connectivity index (χ0) is 24.5. The molecule has 0 aliphatic carbocycles. The standard InChI is InChI=1S/C29H21NO4S2/c31-36(32,22-11-5-2-6-12-22)27(18-20-15-16-25-26(17-20)34-19-33-25)28-29(35-21-9-3-1-4-10-21)23-13-7-8-14-24(23)30-28/h1-18,30H,19H2. The van der Waals surface area contributed by atoms with E-state index in [1.807, 2.05) is 60.7 Å². The van der Waals surface area contributed by atoms with Crippen molar-refractivity contribution in [2.75, 3.05) is 6.79 Å². The van der Waals surface area contributed by atoms with Gasteiger partial charge in [-0.25, -0.2) is 8.42 Å². The van der Waals surface area contributed by atoms with Gasteiger partial charge in [0.15, 0.2) is 11.5 Å². The number of para-hydroxylation sites is 1. The van der Waals surface area contributed by atoms with Gasteiger partial charge in [0, 0.05) is 20.7 Å². The highest BCUT2D eigenvalue weighted by molar-refractivity contribution is 8.01. The van der Waals surface area contributed by atoms with Gasteiger partial charge in [-0.2, -0.15) is 0 Å². The molecule has 6 rings (SSSR count). The molecule has 5 nitrogen and oxygen atoms in total. The number of sulfone groups is 1. The Morgan fingerprint density at radius 3 is 2.31 bits per heavy atom. The first-order valence-corrected chi connectivity index (χ1v) is 13.6.